The first kappa shape index (κ1) is 9.86. The number of hydrogen-bond donors (Lipinski definition) is 1. The molecule has 2 aromatic heterocycles. The summed E-state index contributed by atoms with van der Waals surface area (Å²) in [5.41, 5.74) is 4.65. The highest BCUT2D eigenvalue weighted by Gasteiger charge is 2.07. The Balaban J connectivity index is 2.37. The van der Waals surface area contributed by atoms with Gasteiger partial charge in [0.2, 0.25) is 0 Å². The first-order valence-corrected chi connectivity index (χ1v) is 5.50. The van der Waals surface area contributed by atoms with Crippen LogP contribution in [0.2, 0.25) is 0 Å². The lowest BCUT2D eigenvalue weighted by atomic mass is 10.3. The zero-order valence-electron chi connectivity index (χ0n) is 8.40. The topological polar surface area (TPSA) is 41.6 Å². The lowest BCUT2D eigenvalue weighted by molar-refractivity contribution is 1.22. The third kappa shape index (κ3) is 2.05. The molecule has 0 aromatic carbocycles. The number of nitrogens with one attached hydrogen (secondary N) is 1. The van der Waals surface area contributed by atoms with Gasteiger partial charge in [-0.3, -0.25) is 0 Å². The second-order valence-corrected chi connectivity index (χ2v) is 3.78. The Morgan fingerprint density at radius 1 is 1.53 bits per heavy atom. The summed E-state index contributed by atoms with van der Waals surface area (Å²) in [4.78, 5) is 11.8. The third-order valence-corrected chi connectivity index (χ3v) is 2.57. The lowest BCUT2D eigenvalue weighted by Gasteiger charge is -1.85. The second kappa shape index (κ2) is 4.23. The molecule has 0 aliphatic rings. The second-order valence-electron chi connectivity index (χ2n) is 3.06. The summed E-state index contributed by atoms with van der Waals surface area (Å²) in [5, 5.41) is 1.97. The van der Waals surface area contributed by atoms with E-state index in [0.29, 0.717) is 0 Å². The van der Waals surface area contributed by atoms with Crippen molar-refractivity contribution in [1.82, 2.24) is 15.0 Å². The van der Waals surface area contributed by atoms with E-state index < -0.39 is 0 Å². The summed E-state index contributed by atoms with van der Waals surface area (Å²) in [6.07, 6.45) is 5.53. The SMILES string of the molecule is C=C/C=C\c1nc(-c2cscn2)[nH]c1C. The van der Waals surface area contributed by atoms with E-state index in [0.717, 1.165) is 22.9 Å². The van der Waals surface area contributed by atoms with Crippen molar-refractivity contribution in [1.29, 1.82) is 0 Å². The van der Waals surface area contributed by atoms with E-state index in [2.05, 4.69) is 21.5 Å². The van der Waals surface area contributed by atoms with Gasteiger partial charge in [0.05, 0.1) is 11.2 Å². The van der Waals surface area contributed by atoms with Crippen molar-refractivity contribution in [2.75, 3.05) is 0 Å². The molecule has 1 N–H and O–H groups in total. The van der Waals surface area contributed by atoms with E-state index in [-0.39, 0.29) is 0 Å². The van der Waals surface area contributed by atoms with Crippen molar-refractivity contribution < 1.29 is 0 Å². The highest BCUT2D eigenvalue weighted by Crippen LogP contribution is 2.18. The first-order chi connectivity index (χ1) is 7.31. The van der Waals surface area contributed by atoms with Crippen LogP contribution in [-0.4, -0.2) is 15.0 Å². The molecule has 0 amide bonds. The summed E-state index contributed by atoms with van der Waals surface area (Å²) >= 11 is 1.56. The molecule has 0 spiro atoms. The smallest absolute Gasteiger partial charge is 0.157 e. The molecular weight excluding hydrogens is 206 g/mol. The molecular formula is C11H11N3S. The average molecular weight is 217 g/mol. The van der Waals surface area contributed by atoms with Crippen molar-refractivity contribution in [3.63, 3.8) is 0 Å². The first-order valence-electron chi connectivity index (χ1n) is 4.55. The molecule has 2 heterocycles. The number of aryl methyl sites for hydroxylation is 1. The van der Waals surface area contributed by atoms with Crippen molar-refractivity contribution in [3.8, 4) is 11.5 Å². The molecule has 2 aromatic rings. The van der Waals surface area contributed by atoms with Gasteiger partial charge in [-0.2, -0.15) is 0 Å². The molecule has 0 unspecified atom stereocenters. The molecule has 0 saturated heterocycles. The fourth-order valence-electron chi connectivity index (χ4n) is 1.25. The number of imidazole rings is 1. The van der Waals surface area contributed by atoms with Gasteiger partial charge in [0.15, 0.2) is 5.82 Å². The average Bonchev–Trinajstić information content (AvgIpc) is 2.83. The normalized spacial score (nSPS) is 11.0. The van der Waals surface area contributed by atoms with Crippen LogP contribution >= 0.6 is 11.3 Å². The van der Waals surface area contributed by atoms with E-state index in [9.17, 15) is 0 Å². The van der Waals surface area contributed by atoms with E-state index in [1.165, 1.54) is 0 Å². The number of nitrogens with zero attached hydrogens (tertiary/aromatic N) is 2. The van der Waals surface area contributed by atoms with Gasteiger partial charge in [-0.25, -0.2) is 9.97 Å². The summed E-state index contributed by atoms with van der Waals surface area (Å²) in [7, 11) is 0. The van der Waals surface area contributed by atoms with Crippen LogP contribution in [0.25, 0.3) is 17.6 Å². The van der Waals surface area contributed by atoms with Crippen LogP contribution in [-0.2, 0) is 0 Å². The van der Waals surface area contributed by atoms with Crippen LogP contribution in [0.5, 0.6) is 0 Å². The molecule has 2 rings (SSSR count). The zero-order chi connectivity index (χ0) is 10.7. The molecule has 0 atom stereocenters. The summed E-state index contributed by atoms with van der Waals surface area (Å²) in [5.74, 6) is 0.817. The number of H-pyrrole nitrogens is 1. The fourth-order valence-corrected chi connectivity index (χ4v) is 1.78. The minimum Gasteiger partial charge on any atom is -0.340 e. The quantitative estimate of drug-likeness (QED) is 0.803. The predicted octanol–water partition coefficient (Wildman–Crippen LogP) is 3.04. The molecule has 0 bridgehead atoms. The van der Waals surface area contributed by atoms with Gasteiger partial charge >= 0.3 is 0 Å². The summed E-state index contributed by atoms with van der Waals surface area (Å²) in [6.45, 7) is 5.62. The van der Waals surface area contributed by atoms with E-state index in [1.807, 2.05) is 24.5 Å². The third-order valence-electron chi connectivity index (χ3n) is 1.99. The highest BCUT2D eigenvalue weighted by molar-refractivity contribution is 7.07. The molecule has 0 aliphatic heterocycles. The number of rotatable bonds is 3. The molecule has 4 heteroatoms. The predicted molar refractivity (Wildman–Crippen MR) is 63.7 cm³/mol. The largest absolute Gasteiger partial charge is 0.340 e. The molecule has 3 nitrogen and oxygen atoms in total. The van der Waals surface area contributed by atoms with Gasteiger partial charge in [0.1, 0.15) is 5.69 Å². The number of aromatic amines is 1. The van der Waals surface area contributed by atoms with E-state index >= 15 is 0 Å². The maximum atomic E-state index is 4.44. The standard InChI is InChI=1S/C11H11N3S/c1-3-4-5-9-8(2)13-11(14-9)10-6-15-7-12-10/h3-7H,1H2,2H3,(H,13,14)/b5-4-. The minimum absolute atomic E-state index is 0.817. The van der Waals surface area contributed by atoms with Crippen LogP contribution in [0.4, 0.5) is 0 Å². The number of thiazole rings is 1. The van der Waals surface area contributed by atoms with Gasteiger partial charge in [0.25, 0.3) is 0 Å². The molecule has 76 valence electrons. The van der Waals surface area contributed by atoms with Gasteiger partial charge in [0, 0.05) is 11.1 Å². The molecule has 15 heavy (non-hydrogen) atoms. The van der Waals surface area contributed by atoms with Crippen LogP contribution in [0.1, 0.15) is 11.4 Å². The maximum Gasteiger partial charge on any atom is 0.157 e. The lowest BCUT2D eigenvalue weighted by Crippen LogP contribution is -1.78. The Bertz CT molecular complexity index is 480. The zero-order valence-corrected chi connectivity index (χ0v) is 9.21. The molecule has 0 saturated carbocycles. The Kier molecular flexibility index (Phi) is 2.78. The van der Waals surface area contributed by atoms with Gasteiger partial charge in [-0.05, 0) is 13.0 Å². The van der Waals surface area contributed by atoms with Crippen molar-refractivity contribution in [2.24, 2.45) is 0 Å². The van der Waals surface area contributed by atoms with Crippen LogP contribution in [0.3, 0.4) is 0 Å². The maximum absolute atomic E-state index is 4.44. The Morgan fingerprint density at radius 3 is 3.07 bits per heavy atom. The van der Waals surface area contributed by atoms with E-state index in [1.54, 1.807) is 22.9 Å². The number of hydrogen-bond acceptors (Lipinski definition) is 3. The minimum atomic E-state index is 0.817. The van der Waals surface area contributed by atoms with Crippen molar-refractivity contribution in [3.05, 3.63) is 41.0 Å². The summed E-state index contributed by atoms with van der Waals surface area (Å²) in [6, 6.07) is 0. The van der Waals surface area contributed by atoms with Gasteiger partial charge in [-0.1, -0.05) is 18.7 Å². The van der Waals surface area contributed by atoms with Gasteiger partial charge in [-0.15, -0.1) is 11.3 Å². The van der Waals surface area contributed by atoms with Crippen LogP contribution in [0.15, 0.2) is 29.6 Å². The van der Waals surface area contributed by atoms with E-state index in [4.69, 9.17) is 0 Å². The number of allylic oxidation sites excluding steroid dienone is 2. The molecule has 0 aliphatic carbocycles. The van der Waals surface area contributed by atoms with Crippen molar-refractivity contribution in [2.45, 2.75) is 6.92 Å². The van der Waals surface area contributed by atoms with Gasteiger partial charge < -0.3 is 4.98 Å². The Morgan fingerprint density at radius 2 is 2.40 bits per heavy atom. The molecule has 0 fully saturated rings. The highest BCUT2D eigenvalue weighted by atomic mass is 32.1. The Labute approximate surface area is 92.2 Å². The van der Waals surface area contributed by atoms with Crippen molar-refractivity contribution >= 4 is 17.4 Å². The van der Waals surface area contributed by atoms with Crippen LogP contribution < -0.4 is 0 Å². The van der Waals surface area contributed by atoms with Crippen LogP contribution in [0, 0.1) is 6.92 Å². The molecule has 0 radical (unpaired) electrons. The Hall–Kier alpha value is -1.68. The number of aromatic nitrogens is 3. The monoisotopic (exact) mass is 217 g/mol. The fraction of sp³-hybridized carbons (Fsp3) is 0.0909. The summed E-state index contributed by atoms with van der Waals surface area (Å²) < 4.78 is 0.